The Bertz CT molecular complexity index is 608. The van der Waals surface area contributed by atoms with Crippen molar-refractivity contribution < 1.29 is 14.3 Å². The number of para-hydroxylation sites is 1. The largest absolute Gasteiger partial charge is 0.466 e. The molecule has 2 heterocycles. The topological polar surface area (TPSA) is 49.9 Å². The number of benzene rings is 1. The first-order valence-electron chi connectivity index (χ1n) is 8.60. The molecule has 0 spiro atoms. The van der Waals surface area contributed by atoms with Crippen molar-refractivity contribution in [3.8, 4) is 0 Å². The molecule has 6 heteroatoms. The molecule has 0 N–H and O–H groups in total. The molecule has 0 bridgehead atoms. The molecule has 3 rings (SSSR count). The van der Waals surface area contributed by atoms with Gasteiger partial charge in [0, 0.05) is 30.3 Å². The summed E-state index contributed by atoms with van der Waals surface area (Å²) in [6, 6.07) is 8.23. The lowest BCUT2D eigenvalue weighted by atomic mass is 9.98. The summed E-state index contributed by atoms with van der Waals surface area (Å²) in [4.78, 5) is 29.9. The van der Waals surface area contributed by atoms with Crippen LogP contribution in [-0.4, -0.2) is 55.3 Å². The molecule has 0 radical (unpaired) electrons. The molecule has 1 amide bonds. The van der Waals surface area contributed by atoms with E-state index in [4.69, 9.17) is 4.74 Å². The molecular weight excluding hydrogens is 324 g/mol. The first-order valence-corrected chi connectivity index (χ1v) is 9.58. The number of thioether (sulfide) groups is 1. The smallest absolute Gasteiger partial charge is 0.310 e. The van der Waals surface area contributed by atoms with Crippen LogP contribution in [0.4, 0.5) is 5.69 Å². The Kier molecular flexibility index (Phi) is 5.66. The molecule has 1 aromatic rings. The number of carbonyl (C=O) groups excluding carboxylic acids is 2. The summed E-state index contributed by atoms with van der Waals surface area (Å²) in [5, 5.41) is 0. The van der Waals surface area contributed by atoms with Crippen molar-refractivity contribution in [1.29, 1.82) is 0 Å². The summed E-state index contributed by atoms with van der Waals surface area (Å²) in [5.74, 6) is 0.753. The van der Waals surface area contributed by atoms with Gasteiger partial charge in [0.15, 0.2) is 0 Å². The van der Waals surface area contributed by atoms with Crippen molar-refractivity contribution in [1.82, 2.24) is 4.90 Å². The molecule has 2 aliphatic rings. The minimum Gasteiger partial charge on any atom is -0.466 e. The van der Waals surface area contributed by atoms with Gasteiger partial charge in [0.25, 0.3) is 0 Å². The first kappa shape index (κ1) is 17.1. The first-order chi connectivity index (χ1) is 11.7. The van der Waals surface area contributed by atoms with Gasteiger partial charge in [0.05, 0.1) is 24.8 Å². The van der Waals surface area contributed by atoms with E-state index in [0.29, 0.717) is 19.7 Å². The quantitative estimate of drug-likeness (QED) is 0.782. The number of anilines is 1. The number of fused-ring (bicyclic) bond motifs is 1. The Hall–Kier alpha value is -1.69. The second-order valence-electron chi connectivity index (χ2n) is 6.17. The van der Waals surface area contributed by atoms with Crippen LogP contribution in [-0.2, 0) is 14.3 Å². The second kappa shape index (κ2) is 7.92. The molecule has 1 fully saturated rings. The van der Waals surface area contributed by atoms with Gasteiger partial charge in [-0.1, -0.05) is 12.1 Å². The number of ether oxygens (including phenoxy) is 1. The van der Waals surface area contributed by atoms with E-state index in [2.05, 4.69) is 17.0 Å². The fourth-order valence-corrected chi connectivity index (χ4v) is 4.36. The Balaban J connectivity index is 1.62. The maximum Gasteiger partial charge on any atom is 0.310 e. The molecule has 0 aliphatic carbocycles. The fraction of sp³-hybridized carbons (Fsp3) is 0.556. The SMILES string of the molecule is CCOC(=O)C1CCCN(C(=O)CN2CCSc3ccccc32)C1. The number of amides is 1. The summed E-state index contributed by atoms with van der Waals surface area (Å²) in [7, 11) is 0. The Morgan fingerprint density at radius 1 is 1.29 bits per heavy atom. The monoisotopic (exact) mass is 348 g/mol. The Labute approximate surface area is 147 Å². The zero-order valence-corrected chi connectivity index (χ0v) is 14.9. The van der Waals surface area contributed by atoms with E-state index in [0.717, 1.165) is 37.4 Å². The number of hydrogen-bond acceptors (Lipinski definition) is 5. The van der Waals surface area contributed by atoms with E-state index >= 15 is 0 Å². The molecular formula is C18H24N2O3S. The predicted octanol–water partition coefficient (Wildman–Crippen LogP) is 2.40. The van der Waals surface area contributed by atoms with Crippen molar-refractivity contribution in [2.75, 3.05) is 43.4 Å². The standard InChI is InChI=1S/C18H24N2O3S/c1-2-23-18(22)14-6-5-9-20(12-14)17(21)13-19-10-11-24-16-8-4-3-7-15(16)19/h3-4,7-8,14H,2,5-6,9-13H2,1H3. The molecule has 5 nitrogen and oxygen atoms in total. The van der Waals surface area contributed by atoms with Crippen molar-refractivity contribution >= 4 is 29.3 Å². The van der Waals surface area contributed by atoms with Gasteiger partial charge in [-0.25, -0.2) is 0 Å². The minimum absolute atomic E-state index is 0.103. The van der Waals surface area contributed by atoms with Crippen LogP contribution in [0.5, 0.6) is 0 Å². The predicted molar refractivity (Wildman–Crippen MR) is 95.3 cm³/mol. The molecule has 1 aromatic carbocycles. The number of carbonyl (C=O) groups is 2. The third-order valence-corrected chi connectivity index (χ3v) is 5.59. The zero-order chi connectivity index (χ0) is 16.9. The summed E-state index contributed by atoms with van der Waals surface area (Å²) in [6.07, 6.45) is 1.67. The van der Waals surface area contributed by atoms with Crippen molar-refractivity contribution in [3.05, 3.63) is 24.3 Å². The van der Waals surface area contributed by atoms with E-state index in [1.807, 2.05) is 35.7 Å². The lowest BCUT2D eigenvalue weighted by Gasteiger charge is -2.35. The number of rotatable bonds is 4. The molecule has 24 heavy (non-hydrogen) atoms. The Morgan fingerprint density at radius 3 is 2.96 bits per heavy atom. The number of likely N-dealkylation sites (tertiary alicyclic amines) is 1. The average Bonchev–Trinajstić information content (AvgIpc) is 2.62. The van der Waals surface area contributed by atoms with Crippen LogP contribution >= 0.6 is 11.8 Å². The van der Waals surface area contributed by atoms with Crippen molar-refractivity contribution in [2.45, 2.75) is 24.7 Å². The van der Waals surface area contributed by atoms with Crippen LogP contribution in [0, 0.1) is 5.92 Å². The number of piperidine rings is 1. The second-order valence-corrected chi connectivity index (χ2v) is 7.31. The van der Waals surface area contributed by atoms with Crippen LogP contribution in [0.2, 0.25) is 0 Å². The van der Waals surface area contributed by atoms with Gasteiger partial charge >= 0.3 is 5.97 Å². The van der Waals surface area contributed by atoms with Crippen molar-refractivity contribution in [3.63, 3.8) is 0 Å². The minimum atomic E-state index is -0.174. The van der Waals surface area contributed by atoms with E-state index < -0.39 is 0 Å². The molecule has 1 unspecified atom stereocenters. The van der Waals surface area contributed by atoms with Crippen LogP contribution in [0.25, 0.3) is 0 Å². The molecule has 1 atom stereocenters. The van der Waals surface area contributed by atoms with Gasteiger partial charge in [-0.2, -0.15) is 0 Å². The Morgan fingerprint density at radius 2 is 2.12 bits per heavy atom. The maximum atomic E-state index is 12.7. The van der Waals surface area contributed by atoms with E-state index in [1.165, 1.54) is 4.90 Å². The van der Waals surface area contributed by atoms with Gasteiger partial charge in [-0.15, -0.1) is 11.8 Å². The number of esters is 1. The van der Waals surface area contributed by atoms with Crippen molar-refractivity contribution in [2.24, 2.45) is 5.92 Å². The van der Waals surface area contributed by atoms with Crippen LogP contribution < -0.4 is 4.90 Å². The van der Waals surface area contributed by atoms with Crippen LogP contribution in [0.1, 0.15) is 19.8 Å². The number of nitrogens with zero attached hydrogens (tertiary/aromatic N) is 2. The normalized spacial score (nSPS) is 20.5. The molecule has 0 saturated carbocycles. The van der Waals surface area contributed by atoms with Crippen LogP contribution in [0.15, 0.2) is 29.2 Å². The molecule has 1 saturated heterocycles. The van der Waals surface area contributed by atoms with Gasteiger partial charge in [0.2, 0.25) is 5.91 Å². The highest BCUT2D eigenvalue weighted by Gasteiger charge is 2.30. The highest BCUT2D eigenvalue weighted by Crippen LogP contribution is 2.34. The van der Waals surface area contributed by atoms with Gasteiger partial charge < -0.3 is 14.5 Å². The van der Waals surface area contributed by atoms with Gasteiger partial charge in [0.1, 0.15) is 0 Å². The summed E-state index contributed by atoms with van der Waals surface area (Å²) >= 11 is 1.84. The third kappa shape index (κ3) is 3.86. The summed E-state index contributed by atoms with van der Waals surface area (Å²) < 4.78 is 5.12. The van der Waals surface area contributed by atoms with E-state index in [-0.39, 0.29) is 17.8 Å². The number of hydrogen-bond donors (Lipinski definition) is 0. The molecule has 130 valence electrons. The van der Waals surface area contributed by atoms with Crippen LogP contribution in [0.3, 0.4) is 0 Å². The van der Waals surface area contributed by atoms with Gasteiger partial charge in [-0.3, -0.25) is 9.59 Å². The lowest BCUT2D eigenvalue weighted by molar-refractivity contribution is -0.151. The third-order valence-electron chi connectivity index (χ3n) is 4.54. The average molecular weight is 348 g/mol. The van der Waals surface area contributed by atoms with Gasteiger partial charge in [-0.05, 0) is 31.9 Å². The lowest BCUT2D eigenvalue weighted by Crippen LogP contribution is -2.47. The maximum absolute atomic E-state index is 12.7. The fourth-order valence-electron chi connectivity index (χ4n) is 3.31. The summed E-state index contributed by atoms with van der Waals surface area (Å²) in [6.45, 7) is 4.69. The highest BCUT2D eigenvalue weighted by molar-refractivity contribution is 7.99. The van der Waals surface area contributed by atoms with E-state index in [1.54, 1.807) is 0 Å². The highest BCUT2D eigenvalue weighted by atomic mass is 32.2. The zero-order valence-electron chi connectivity index (χ0n) is 14.1. The molecule has 0 aromatic heterocycles. The van der Waals surface area contributed by atoms with E-state index in [9.17, 15) is 9.59 Å². The molecule has 2 aliphatic heterocycles. The summed E-state index contributed by atoms with van der Waals surface area (Å²) in [5.41, 5.74) is 1.14.